The average Bonchev–Trinajstić information content (AvgIpc) is 3.75. The third-order valence-electron chi connectivity index (χ3n) is 6.22. The molecule has 15 heteroatoms. The maximum absolute atomic E-state index is 13.1. The van der Waals surface area contributed by atoms with Crippen LogP contribution in [0.2, 0.25) is 5.02 Å². The second kappa shape index (κ2) is 11.9. The number of hydrogen-bond acceptors (Lipinski definition) is 7. The second-order valence-corrected chi connectivity index (χ2v) is 14.2. The molecule has 4 rings (SSSR count). The lowest BCUT2D eigenvalue weighted by Crippen LogP contribution is -2.30. The maximum atomic E-state index is 13.1. The zero-order valence-corrected chi connectivity index (χ0v) is 25.0. The van der Waals surface area contributed by atoms with Crippen molar-refractivity contribution in [1.29, 1.82) is 0 Å². The topological polar surface area (TPSA) is 114 Å². The summed E-state index contributed by atoms with van der Waals surface area (Å²) in [5.41, 5.74) is -1.08. The molecule has 0 spiro atoms. The number of Topliss-reactive ketones (excluding diaryl/α,β-unsaturated/α-hetero) is 1. The van der Waals surface area contributed by atoms with Gasteiger partial charge in [0.2, 0.25) is 10.0 Å². The van der Waals surface area contributed by atoms with E-state index in [0.29, 0.717) is 47.9 Å². The van der Waals surface area contributed by atoms with Crippen LogP contribution in [0.3, 0.4) is 0 Å². The molecule has 8 nitrogen and oxygen atoms in total. The van der Waals surface area contributed by atoms with Gasteiger partial charge in [0.05, 0.1) is 15.5 Å². The molecule has 0 radical (unpaired) electrons. The number of ketones is 1. The lowest BCUT2D eigenvalue weighted by atomic mass is 10.2. The van der Waals surface area contributed by atoms with Gasteiger partial charge in [-0.05, 0) is 67.4 Å². The average molecular weight is 648 g/mol. The molecular formula is C26H25ClF3N3O5S3. The first-order valence-corrected chi connectivity index (χ1v) is 16.5. The number of rotatable bonds is 11. The molecule has 1 fully saturated rings. The summed E-state index contributed by atoms with van der Waals surface area (Å²) in [7, 11) is -8.09. The van der Waals surface area contributed by atoms with E-state index < -0.39 is 41.7 Å². The minimum absolute atomic E-state index is 0.0241. The van der Waals surface area contributed by atoms with Crippen molar-refractivity contribution in [3.63, 3.8) is 0 Å². The Kier molecular flexibility index (Phi) is 9.10. The summed E-state index contributed by atoms with van der Waals surface area (Å²) < 4.78 is 93.8. The molecule has 0 amide bonds. The predicted octanol–water partition coefficient (Wildman–Crippen LogP) is 6.33. The number of anilines is 1. The highest BCUT2D eigenvalue weighted by atomic mass is 35.5. The van der Waals surface area contributed by atoms with Crippen LogP contribution in [0.15, 0.2) is 74.2 Å². The number of aromatic nitrogens is 1. The zero-order valence-electron chi connectivity index (χ0n) is 21.8. The molecule has 0 aliphatic heterocycles. The Morgan fingerprint density at radius 3 is 2.20 bits per heavy atom. The Morgan fingerprint density at radius 1 is 1.02 bits per heavy atom. The van der Waals surface area contributed by atoms with Crippen molar-refractivity contribution in [2.75, 3.05) is 17.8 Å². The Morgan fingerprint density at radius 2 is 1.66 bits per heavy atom. The summed E-state index contributed by atoms with van der Waals surface area (Å²) in [6.45, 7) is 4.15. The first kappa shape index (κ1) is 31.3. The number of halogens is 4. The smallest absolute Gasteiger partial charge is 0.292 e. The molecule has 41 heavy (non-hydrogen) atoms. The van der Waals surface area contributed by atoms with Gasteiger partial charge in [-0.15, -0.1) is 0 Å². The number of benzene rings is 2. The van der Waals surface area contributed by atoms with Crippen molar-refractivity contribution < 1.29 is 34.8 Å². The van der Waals surface area contributed by atoms with Crippen LogP contribution in [0, 0.1) is 5.92 Å². The normalized spacial score (nSPS) is 14.3. The van der Waals surface area contributed by atoms with Crippen molar-refractivity contribution in [3.05, 3.63) is 70.9 Å². The summed E-state index contributed by atoms with van der Waals surface area (Å²) >= 11 is 7.03. The van der Waals surface area contributed by atoms with Gasteiger partial charge in [0.25, 0.3) is 10.0 Å². The molecule has 1 aromatic heterocycles. The molecule has 1 heterocycles. The molecule has 1 saturated carbocycles. The van der Waals surface area contributed by atoms with Crippen LogP contribution in [-0.4, -0.2) is 45.0 Å². The van der Waals surface area contributed by atoms with Crippen molar-refractivity contribution in [2.45, 2.75) is 52.4 Å². The van der Waals surface area contributed by atoms with Gasteiger partial charge >= 0.3 is 6.18 Å². The predicted molar refractivity (Wildman–Crippen MR) is 149 cm³/mol. The number of alkyl halides is 3. The Labute approximate surface area is 245 Å². The molecule has 3 aromatic rings. The fourth-order valence-electron chi connectivity index (χ4n) is 3.91. The highest BCUT2D eigenvalue weighted by Gasteiger charge is 2.34. The monoisotopic (exact) mass is 647 g/mol. The highest BCUT2D eigenvalue weighted by Crippen LogP contribution is 2.38. The van der Waals surface area contributed by atoms with E-state index in [2.05, 4.69) is 9.71 Å². The van der Waals surface area contributed by atoms with E-state index in [1.54, 1.807) is 26.0 Å². The third kappa shape index (κ3) is 7.05. The van der Waals surface area contributed by atoms with Crippen molar-refractivity contribution in [1.82, 2.24) is 9.29 Å². The van der Waals surface area contributed by atoms with Crippen molar-refractivity contribution in [2.24, 2.45) is 5.92 Å². The van der Waals surface area contributed by atoms with E-state index in [-0.39, 0.29) is 28.1 Å². The number of pyridine rings is 1. The van der Waals surface area contributed by atoms with E-state index in [1.807, 2.05) is 0 Å². The van der Waals surface area contributed by atoms with E-state index >= 15 is 0 Å². The summed E-state index contributed by atoms with van der Waals surface area (Å²) in [4.78, 5) is 17.9. The summed E-state index contributed by atoms with van der Waals surface area (Å²) in [6.07, 6.45) is -3.37. The number of hydrogen-bond donors (Lipinski definition) is 1. The second-order valence-electron chi connectivity index (χ2n) is 9.09. The summed E-state index contributed by atoms with van der Waals surface area (Å²) in [5, 5.41) is -0.625. The van der Waals surface area contributed by atoms with Crippen LogP contribution in [0.5, 0.6) is 0 Å². The van der Waals surface area contributed by atoms with Crippen LogP contribution in [0.1, 0.15) is 42.7 Å². The molecule has 0 saturated heterocycles. The molecule has 0 unspecified atom stereocenters. The first-order chi connectivity index (χ1) is 19.2. The number of carbonyl (C=O) groups excluding carboxylic acids is 1. The number of nitrogens with zero attached hydrogens (tertiary/aromatic N) is 2. The summed E-state index contributed by atoms with van der Waals surface area (Å²) in [6, 6.07) is 10.9. The quantitative estimate of drug-likeness (QED) is 0.242. The molecule has 0 atom stereocenters. The van der Waals surface area contributed by atoms with Crippen molar-refractivity contribution >= 4 is 55.0 Å². The molecule has 0 bridgehead atoms. The standard InChI is InChI=1S/C26H25ClF3N3O5S3/c1-3-33(4-2)41(37,38)19-10-8-18(9-11-19)39-21-12-14-23(31-24(21)25(34)16-5-6-16)32-40(35,36)22-13-7-17(15-20(22)27)26(28,29)30/h7-16H,3-6H2,1-2H3,(H,31,32). The molecule has 2 aromatic carbocycles. The van der Waals surface area contributed by atoms with Gasteiger partial charge < -0.3 is 0 Å². The van der Waals surface area contributed by atoms with E-state index in [0.717, 1.165) is 17.8 Å². The molecule has 220 valence electrons. The molecular weight excluding hydrogens is 623 g/mol. The van der Waals surface area contributed by atoms with E-state index in [1.165, 1.54) is 28.6 Å². The van der Waals surface area contributed by atoms with Crippen LogP contribution in [-0.2, 0) is 26.2 Å². The molecule has 1 aliphatic rings. The summed E-state index contributed by atoms with van der Waals surface area (Å²) in [5.74, 6) is -0.739. The minimum Gasteiger partial charge on any atom is -0.292 e. The lowest BCUT2D eigenvalue weighted by molar-refractivity contribution is -0.137. The maximum Gasteiger partial charge on any atom is 0.416 e. The van der Waals surface area contributed by atoms with Crippen LogP contribution in [0.25, 0.3) is 0 Å². The van der Waals surface area contributed by atoms with Gasteiger partial charge in [-0.2, -0.15) is 17.5 Å². The SMILES string of the molecule is CCN(CC)S(=O)(=O)c1ccc(Sc2ccc(NS(=O)(=O)c3ccc(C(F)(F)F)cc3Cl)nc2C(=O)C2CC2)cc1. The fraction of sp³-hybridized carbons (Fsp3) is 0.308. The van der Waals surface area contributed by atoms with Gasteiger partial charge in [0.1, 0.15) is 16.4 Å². The zero-order chi connectivity index (χ0) is 30.2. The lowest BCUT2D eigenvalue weighted by Gasteiger charge is -2.18. The van der Waals surface area contributed by atoms with Crippen molar-refractivity contribution in [3.8, 4) is 0 Å². The highest BCUT2D eigenvalue weighted by molar-refractivity contribution is 7.99. The number of carbonyl (C=O) groups is 1. The van der Waals surface area contributed by atoms with Gasteiger partial charge in [-0.1, -0.05) is 37.2 Å². The Hall–Kier alpha value is -2.65. The third-order valence-corrected chi connectivity index (χ3v) is 11.2. The Balaban J connectivity index is 1.61. The minimum atomic E-state index is -4.70. The Bertz CT molecular complexity index is 1670. The van der Waals surface area contributed by atoms with Gasteiger partial charge in [-0.25, -0.2) is 21.8 Å². The number of sulfonamides is 2. The van der Waals surface area contributed by atoms with Crippen LogP contribution in [0.4, 0.5) is 19.0 Å². The van der Waals surface area contributed by atoms with E-state index in [4.69, 9.17) is 11.6 Å². The van der Waals surface area contributed by atoms with Gasteiger partial charge in [-0.3, -0.25) is 9.52 Å². The van der Waals surface area contributed by atoms with Gasteiger partial charge in [0.15, 0.2) is 5.78 Å². The van der Waals surface area contributed by atoms with E-state index in [9.17, 15) is 34.8 Å². The van der Waals surface area contributed by atoms with Crippen LogP contribution >= 0.6 is 23.4 Å². The van der Waals surface area contributed by atoms with Gasteiger partial charge in [0, 0.05) is 28.8 Å². The first-order valence-electron chi connectivity index (χ1n) is 12.4. The fourth-order valence-corrected chi connectivity index (χ4v) is 7.82. The molecule has 1 N–H and O–H groups in total. The largest absolute Gasteiger partial charge is 0.416 e. The molecule has 1 aliphatic carbocycles. The number of nitrogens with one attached hydrogen (secondary N) is 1. The van der Waals surface area contributed by atoms with Crippen LogP contribution < -0.4 is 4.72 Å².